The summed E-state index contributed by atoms with van der Waals surface area (Å²) in [5.74, 6) is 1.44. The summed E-state index contributed by atoms with van der Waals surface area (Å²) in [4.78, 5) is 29.9. The minimum atomic E-state index is -0.237. The van der Waals surface area contributed by atoms with Gasteiger partial charge in [-0.05, 0) is 48.7 Å². The number of thiophene rings is 1. The van der Waals surface area contributed by atoms with Crippen LogP contribution in [0.1, 0.15) is 5.82 Å². The van der Waals surface area contributed by atoms with Crippen molar-refractivity contribution >= 4 is 38.7 Å². The van der Waals surface area contributed by atoms with Crippen LogP contribution in [-0.2, 0) is 11.3 Å². The van der Waals surface area contributed by atoms with Crippen LogP contribution < -0.4 is 15.2 Å². The molecule has 1 fully saturated rings. The molecule has 4 aromatic rings. The highest BCUT2D eigenvalue weighted by Gasteiger charge is 2.23. The lowest BCUT2D eigenvalue weighted by molar-refractivity contribution is -0.132. The second kappa shape index (κ2) is 7.73. The molecular formula is C22H23N5O3S. The van der Waals surface area contributed by atoms with Crippen LogP contribution >= 0.6 is 11.3 Å². The molecule has 1 aliphatic rings. The molecular weight excluding hydrogens is 414 g/mol. The average molecular weight is 438 g/mol. The van der Waals surface area contributed by atoms with Crippen LogP contribution in [-0.4, -0.2) is 58.3 Å². The Morgan fingerprint density at radius 2 is 1.84 bits per heavy atom. The molecule has 0 N–H and O–H groups in total. The van der Waals surface area contributed by atoms with Crippen molar-refractivity contribution < 1.29 is 9.53 Å². The zero-order valence-electron chi connectivity index (χ0n) is 17.4. The van der Waals surface area contributed by atoms with Gasteiger partial charge in [-0.2, -0.15) is 5.10 Å². The topological polar surface area (TPSA) is 72.1 Å². The highest BCUT2D eigenvalue weighted by atomic mass is 32.1. The van der Waals surface area contributed by atoms with E-state index in [-0.39, 0.29) is 18.0 Å². The molecule has 1 aliphatic heterocycles. The number of carbonyl (C=O) groups excluding carboxylic acids is 1. The van der Waals surface area contributed by atoms with E-state index < -0.39 is 0 Å². The quantitative estimate of drug-likeness (QED) is 0.490. The van der Waals surface area contributed by atoms with Crippen molar-refractivity contribution in [2.24, 2.45) is 0 Å². The van der Waals surface area contributed by atoms with Crippen LogP contribution in [0.2, 0.25) is 0 Å². The lowest BCUT2D eigenvalue weighted by Gasteiger charge is -2.36. The second-order valence-electron chi connectivity index (χ2n) is 7.61. The number of rotatable bonds is 4. The third-order valence-electron chi connectivity index (χ3n) is 5.82. The molecule has 0 bridgehead atoms. The molecule has 1 aromatic carbocycles. The number of hydrogen-bond acceptors (Lipinski definition) is 6. The van der Waals surface area contributed by atoms with E-state index in [9.17, 15) is 9.59 Å². The molecule has 1 amide bonds. The lowest BCUT2D eigenvalue weighted by Crippen LogP contribution is -2.50. The van der Waals surface area contributed by atoms with Gasteiger partial charge in [-0.15, -0.1) is 11.3 Å². The zero-order valence-corrected chi connectivity index (χ0v) is 18.3. The molecule has 0 saturated carbocycles. The van der Waals surface area contributed by atoms with E-state index in [0.29, 0.717) is 24.4 Å². The van der Waals surface area contributed by atoms with Crippen molar-refractivity contribution in [1.29, 1.82) is 0 Å². The summed E-state index contributed by atoms with van der Waals surface area (Å²) in [5, 5.41) is 6.42. The van der Waals surface area contributed by atoms with Gasteiger partial charge in [-0.1, -0.05) is 0 Å². The minimum absolute atomic E-state index is 0.0441. The Labute approximate surface area is 182 Å². The fourth-order valence-electron chi connectivity index (χ4n) is 4.17. The summed E-state index contributed by atoms with van der Waals surface area (Å²) in [6.07, 6.45) is 0. The van der Waals surface area contributed by atoms with Crippen LogP contribution in [0.4, 0.5) is 5.69 Å². The van der Waals surface area contributed by atoms with Gasteiger partial charge in [0.15, 0.2) is 0 Å². The standard InChI is InChI=1S/C22H23N5O3S/c1-15-23-26(22(29)19-13-20-18(27(15)19)7-12-31-20)14-21(28)25-10-8-24(9-11-25)16-3-5-17(30-2)6-4-16/h3-7,12-13H,8-11,14H2,1-2H3. The van der Waals surface area contributed by atoms with E-state index >= 15 is 0 Å². The molecule has 5 rings (SSSR count). The molecule has 3 aromatic heterocycles. The van der Waals surface area contributed by atoms with Gasteiger partial charge in [0.2, 0.25) is 5.91 Å². The first kappa shape index (κ1) is 19.6. The molecule has 9 heteroatoms. The largest absolute Gasteiger partial charge is 0.497 e. The number of aryl methyl sites for hydroxylation is 1. The lowest BCUT2D eigenvalue weighted by atomic mass is 10.2. The number of hydrogen-bond donors (Lipinski definition) is 0. The van der Waals surface area contributed by atoms with Crippen LogP contribution in [0.5, 0.6) is 5.75 Å². The predicted molar refractivity (Wildman–Crippen MR) is 121 cm³/mol. The Kier molecular flexibility index (Phi) is 4.90. The number of fused-ring (bicyclic) bond motifs is 3. The number of methoxy groups -OCH3 is 1. The first-order valence-corrected chi connectivity index (χ1v) is 11.1. The van der Waals surface area contributed by atoms with E-state index in [2.05, 4.69) is 10.00 Å². The molecule has 0 aliphatic carbocycles. The number of carbonyl (C=O) groups is 1. The molecule has 1 saturated heterocycles. The smallest absolute Gasteiger partial charge is 0.291 e. The number of benzene rings is 1. The average Bonchev–Trinajstić information content (AvgIpc) is 3.39. The van der Waals surface area contributed by atoms with E-state index in [4.69, 9.17) is 4.74 Å². The number of anilines is 1. The van der Waals surface area contributed by atoms with Crippen molar-refractivity contribution in [2.45, 2.75) is 13.5 Å². The number of ether oxygens (including phenoxy) is 1. The molecule has 4 heterocycles. The fourth-order valence-corrected chi connectivity index (χ4v) is 4.97. The maximum Gasteiger partial charge on any atom is 0.291 e. The van der Waals surface area contributed by atoms with E-state index in [1.165, 1.54) is 4.68 Å². The molecule has 0 spiro atoms. The highest BCUT2D eigenvalue weighted by molar-refractivity contribution is 7.17. The minimum Gasteiger partial charge on any atom is -0.497 e. The second-order valence-corrected chi connectivity index (χ2v) is 8.56. The van der Waals surface area contributed by atoms with Gasteiger partial charge < -0.3 is 14.5 Å². The van der Waals surface area contributed by atoms with Gasteiger partial charge in [-0.25, -0.2) is 4.68 Å². The maximum absolute atomic E-state index is 13.0. The zero-order chi connectivity index (χ0) is 21.5. The Morgan fingerprint density at radius 1 is 1.10 bits per heavy atom. The molecule has 8 nitrogen and oxygen atoms in total. The summed E-state index contributed by atoms with van der Waals surface area (Å²) >= 11 is 1.59. The van der Waals surface area contributed by atoms with Crippen LogP contribution in [0.15, 0.2) is 46.6 Å². The van der Waals surface area contributed by atoms with Gasteiger partial charge in [0.1, 0.15) is 23.6 Å². The monoisotopic (exact) mass is 437 g/mol. The molecule has 160 valence electrons. The van der Waals surface area contributed by atoms with Crippen LogP contribution in [0, 0.1) is 6.92 Å². The molecule has 0 radical (unpaired) electrons. The third-order valence-corrected chi connectivity index (χ3v) is 6.67. The van der Waals surface area contributed by atoms with Gasteiger partial charge in [-0.3, -0.25) is 14.0 Å². The predicted octanol–water partition coefficient (Wildman–Crippen LogP) is 2.38. The van der Waals surface area contributed by atoms with Gasteiger partial charge in [0, 0.05) is 31.9 Å². The van der Waals surface area contributed by atoms with Gasteiger partial charge in [0.05, 0.1) is 17.3 Å². The number of amides is 1. The molecule has 31 heavy (non-hydrogen) atoms. The van der Waals surface area contributed by atoms with Gasteiger partial charge in [0.25, 0.3) is 5.56 Å². The third kappa shape index (κ3) is 3.44. The van der Waals surface area contributed by atoms with Crippen molar-refractivity contribution in [2.75, 3.05) is 38.2 Å². The highest BCUT2D eigenvalue weighted by Crippen LogP contribution is 2.24. The summed E-state index contributed by atoms with van der Waals surface area (Å²) in [7, 11) is 1.65. The van der Waals surface area contributed by atoms with E-state index in [1.807, 2.05) is 58.0 Å². The summed E-state index contributed by atoms with van der Waals surface area (Å²) < 4.78 is 9.42. The number of piperazine rings is 1. The first-order chi connectivity index (χ1) is 15.0. The molecule has 0 atom stereocenters. The van der Waals surface area contributed by atoms with Crippen molar-refractivity contribution in [3.63, 3.8) is 0 Å². The van der Waals surface area contributed by atoms with E-state index in [1.54, 1.807) is 18.4 Å². The fraction of sp³-hybridized carbons (Fsp3) is 0.318. The summed E-state index contributed by atoms with van der Waals surface area (Å²) in [6.45, 7) is 4.53. The SMILES string of the molecule is COc1ccc(N2CCN(C(=O)Cn3nc(C)n4c(cc5sccc54)c3=O)CC2)cc1. The maximum atomic E-state index is 13.0. The van der Waals surface area contributed by atoms with Crippen LogP contribution in [0.3, 0.4) is 0 Å². The van der Waals surface area contributed by atoms with E-state index in [0.717, 1.165) is 34.7 Å². The van der Waals surface area contributed by atoms with Crippen molar-refractivity contribution in [3.8, 4) is 5.75 Å². The van der Waals surface area contributed by atoms with Crippen LogP contribution in [0.25, 0.3) is 15.7 Å². The summed E-state index contributed by atoms with van der Waals surface area (Å²) in [6, 6.07) is 11.8. The Balaban J connectivity index is 1.30. The summed E-state index contributed by atoms with van der Waals surface area (Å²) in [5.41, 5.74) is 2.42. The Hall–Kier alpha value is -3.33. The van der Waals surface area contributed by atoms with Gasteiger partial charge >= 0.3 is 0 Å². The number of nitrogens with zero attached hydrogens (tertiary/aromatic N) is 5. The van der Waals surface area contributed by atoms with Crippen molar-refractivity contribution in [3.05, 3.63) is 58.0 Å². The normalized spacial score (nSPS) is 14.5. The first-order valence-electron chi connectivity index (χ1n) is 10.2. The Morgan fingerprint density at radius 3 is 2.55 bits per heavy atom. The molecule has 0 unspecified atom stereocenters. The Bertz CT molecular complexity index is 1310. The number of aromatic nitrogens is 3. The van der Waals surface area contributed by atoms with Crippen molar-refractivity contribution in [1.82, 2.24) is 19.1 Å².